The smallest absolute Gasteiger partial charge is 0.240 e. The molecule has 5 heteroatoms. The Labute approximate surface area is 121 Å². The summed E-state index contributed by atoms with van der Waals surface area (Å²) in [5, 5.41) is 3.40. The van der Waals surface area contributed by atoms with E-state index in [2.05, 4.69) is 23.9 Å². The Kier molecular flexibility index (Phi) is 3.39. The molecule has 2 saturated carbocycles. The number of rotatable bonds is 6. The largest absolute Gasteiger partial charge is 0.310 e. The molecule has 3 rings (SSSR count). The van der Waals surface area contributed by atoms with E-state index in [1.54, 1.807) is 12.1 Å². The fraction of sp³-hybridized carbons (Fsp3) is 0.600. The van der Waals surface area contributed by atoms with Crippen molar-refractivity contribution in [3.05, 3.63) is 29.8 Å². The average molecular weight is 294 g/mol. The van der Waals surface area contributed by atoms with Gasteiger partial charge in [0.25, 0.3) is 0 Å². The molecule has 0 radical (unpaired) electrons. The van der Waals surface area contributed by atoms with Gasteiger partial charge < -0.3 is 5.32 Å². The minimum atomic E-state index is -3.39. The third-order valence-corrected chi connectivity index (χ3v) is 5.66. The van der Waals surface area contributed by atoms with Crippen LogP contribution in [0.4, 0.5) is 0 Å². The monoisotopic (exact) mass is 294 g/mol. The van der Waals surface area contributed by atoms with E-state index in [-0.39, 0.29) is 11.5 Å². The van der Waals surface area contributed by atoms with Crippen molar-refractivity contribution < 1.29 is 8.42 Å². The van der Waals surface area contributed by atoms with Gasteiger partial charge in [-0.2, -0.15) is 0 Å². The van der Waals surface area contributed by atoms with E-state index in [0.29, 0.717) is 10.9 Å². The Morgan fingerprint density at radius 2 is 2.00 bits per heavy atom. The summed E-state index contributed by atoms with van der Waals surface area (Å²) < 4.78 is 27.5. The highest BCUT2D eigenvalue weighted by molar-refractivity contribution is 7.89. The number of hydrogen-bond acceptors (Lipinski definition) is 3. The van der Waals surface area contributed by atoms with E-state index in [1.165, 1.54) is 12.8 Å². The topological polar surface area (TPSA) is 58.2 Å². The number of sulfonamides is 1. The molecule has 0 heterocycles. The molecule has 1 aromatic carbocycles. The van der Waals surface area contributed by atoms with Crippen molar-refractivity contribution in [3.63, 3.8) is 0 Å². The standard InChI is InChI=1S/C15H22N2O2S/c1-15(2)9-14(15)17-20(18,19)13-5-3-4-11(8-13)10-16-12-6-7-12/h3-5,8,12,14,16-17H,6-7,9-10H2,1-2H3. The summed E-state index contributed by atoms with van der Waals surface area (Å²) in [4.78, 5) is 0.371. The molecule has 0 aliphatic heterocycles. The van der Waals surface area contributed by atoms with Gasteiger partial charge in [-0.1, -0.05) is 26.0 Å². The molecule has 4 nitrogen and oxygen atoms in total. The van der Waals surface area contributed by atoms with Crippen molar-refractivity contribution in [2.75, 3.05) is 0 Å². The lowest BCUT2D eigenvalue weighted by molar-refractivity contribution is 0.554. The summed E-state index contributed by atoms with van der Waals surface area (Å²) in [5.41, 5.74) is 1.12. The van der Waals surface area contributed by atoms with Crippen LogP contribution in [0.1, 0.15) is 38.7 Å². The quantitative estimate of drug-likeness (QED) is 0.844. The Morgan fingerprint density at radius 1 is 1.30 bits per heavy atom. The zero-order chi connectivity index (χ0) is 14.4. The number of benzene rings is 1. The Bertz CT molecular complexity index is 606. The molecule has 2 aliphatic carbocycles. The minimum absolute atomic E-state index is 0.0701. The highest BCUT2D eigenvalue weighted by Gasteiger charge is 2.47. The van der Waals surface area contributed by atoms with Gasteiger partial charge in [-0.05, 0) is 42.4 Å². The van der Waals surface area contributed by atoms with Crippen LogP contribution < -0.4 is 10.0 Å². The van der Waals surface area contributed by atoms with Gasteiger partial charge in [-0.3, -0.25) is 0 Å². The third-order valence-electron chi connectivity index (χ3n) is 4.19. The van der Waals surface area contributed by atoms with Crippen molar-refractivity contribution >= 4 is 10.0 Å². The van der Waals surface area contributed by atoms with Crippen molar-refractivity contribution in [2.45, 2.75) is 56.6 Å². The first-order chi connectivity index (χ1) is 9.37. The molecule has 2 fully saturated rings. The molecule has 0 saturated heterocycles. The molecule has 0 aromatic heterocycles. The van der Waals surface area contributed by atoms with Crippen molar-refractivity contribution in [1.82, 2.24) is 10.0 Å². The molecule has 2 aliphatic rings. The molecular formula is C15H22N2O2S. The molecule has 0 bridgehead atoms. The summed E-state index contributed by atoms with van der Waals surface area (Å²) in [6.07, 6.45) is 3.38. The van der Waals surface area contributed by atoms with E-state index in [1.807, 2.05) is 12.1 Å². The van der Waals surface area contributed by atoms with Gasteiger partial charge in [0.05, 0.1) is 4.90 Å². The van der Waals surface area contributed by atoms with Crippen molar-refractivity contribution in [3.8, 4) is 0 Å². The molecule has 2 N–H and O–H groups in total. The van der Waals surface area contributed by atoms with Gasteiger partial charge in [0.15, 0.2) is 0 Å². The van der Waals surface area contributed by atoms with E-state index >= 15 is 0 Å². The molecule has 1 atom stereocenters. The maximum Gasteiger partial charge on any atom is 0.240 e. The first kappa shape index (κ1) is 14.0. The van der Waals surface area contributed by atoms with Gasteiger partial charge in [0.1, 0.15) is 0 Å². The molecule has 0 spiro atoms. The molecule has 1 aromatic rings. The van der Waals surface area contributed by atoms with E-state index in [0.717, 1.165) is 18.5 Å². The molecule has 20 heavy (non-hydrogen) atoms. The molecule has 110 valence electrons. The van der Waals surface area contributed by atoms with Crippen LogP contribution in [0.3, 0.4) is 0 Å². The minimum Gasteiger partial charge on any atom is -0.310 e. The van der Waals surface area contributed by atoms with Crippen LogP contribution in [0.25, 0.3) is 0 Å². The number of nitrogens with one attached hydrogen (secondary N) is 2. The average Bonchev–Trinajstić information content (AvgIpc) is 3.27. The third kappa shape index (κ3) is 3.22. The van der Waals surface area contributed by atoms with Gasteiger partial charge in [-0.15, -0.1) is 0 Å². The first-order valence-electron chi connectivity index (χ1n) is 7.21. The predicted molar refractivity (Wildman–Crippen MR) is 78.8 cm³/mol. The van der Waals surface area contributed by atoms with E-state index < -0.39 is 10.0 Å². The predicted octanol–water partition coefficient (Wildman–Crippen LogP) is 2.02. The summed E-state index contributed by atoms with van der Waals surface area (Å²) >= 11 is 0. The van der Waals surface area contributed by atoms with E-state index in [9.17, 15) is 8.42 Å². The lowest BCUT2D eigenvalue weighted by atomic mass is 10.2. The summed E-state index contributed by atoms with van der Waals surface area (Å²) in [6, 6.07) is 7.92. The van der Waals surface area contributed by atoms with Crippen LogP contribution in [-0.4, -0.2) is 20.5 Å². The fourth-order valence-corrected chi connectivity index (χ4v) is 3.77. The molecule has 0 amide bonds. The summed E-state index contributed by atoms with van der Waals surface area (Å²) in [5.74, 6) is 0. The maximum atomic E-state index is 12.3. The SMILES string of the molecule is CC1(C)CC1NS(=O)(=O)c1cccc(CNC2CC2)c1. The van der Waals surface area contributed by atoms with Gasteiger partial charge >= 0.3 is 0 Å². The Balaban J connectivity index is 1.69. The zero-order valence-electron chi connectivity index (χ0n) is 12.0. The first-order valence-corrected chi connectivity index (χ1v) is 8.70. The second-order valence-corrected chi connectivity index (χ2v) is 8.38. The second-order valence-electron chi connectivity index (χ2n) is 6.67. The van der Waals surface area contributed by atoms with Crippen LogP contribution in [0.2, 0.25) is 0 Å². The summed E-state index contributed by atoms with van der Waals surface area (Å²) in [6.45, 7) is 4.90. The lowest BCUT2D eigenvalue weighted by Gasteiger charge is -2.10. The van der Waals surface area contributed by atoms with Crippen LogP contribution in [-0.2, 0) is 16.6 Å². The zero-order valence-corrected chi connectivity index (χ0v) is 12.8. The van der Waals surface area contributed by atoms with Gasteiger partial charge in [-0.25, -0.2) is 13.1 Å². The molecular weight excluding hydrogens is 272 g/mol. The van der Waals surface area contributed by atoms with Crippen LogP contribution in [0, 0.1) is 5.41 Å². The highest BCUT2D eigenvalue weighted by atomic mass is 32.2. The molecule has 1 unspecified atom stereocenters. The summed E-state index contributed by atoms with van der Waals surface area (Å²) in [7, 11) is -3.39. The van der Waals surface area contributed by atoms with Crippen LogP contribution in [0.15, 0.2) is 29.2 Å². The number of hydrogen-bond donors (Lipinski definition) is 2. The fourth-order valence-electron chi connectivity index (χ4n) is 2.30. The Hall–Kier alpha value is -0.910. The maximum absolute atomic E-state index is 12.3. The second kappa shape index (κ2) is 4.83. The van der Waals surface area contributed by atoms with Crippen LogP contribution in [0.5, 0.6) is 0 Å². The normalized spacial score (nSPS) is 24.6. The van der Waals surface area contributed by atoms with Gasteiger partial charge in [0, 0.05) is 18.6 Å². The van der Waals surface area contributed by atoms with Crippen LogP contribution >= 0.6 is 0 Å². The van der Waals surface area contributed by atoms with E-state index in [4.69, 9.17) is 0 Å². The van der Waals surface area contributed by atoms with Gasteiger partial charge in [0.2, 0.25) is 10.0 Å². The Morgan fingerprint density at radius 3 is 2.60 bits per heavy atom. The van der Waals surface area contributed by atoms with Crippen molar-refractivity contribution in [2.24, 2.45) is 5.41 Å². The lowest BCUT2D eigenvalue weighted by Crippen LogP contribution is -2.28. The van der Waals surface area contributed by atoms with Crippen molar-refractivity contribution in [1.29, 1.82) is 0 Å². The highest BCUT2D eigenvalue weighted by Crippen LogP contribution is 2.45.